The van der Waals surface area contributed by atoms with Gasteiger partial charge in [-0.05, 0) is 38.7 Å². The van der Waals surface area contributed by atoms with Crippen LogP contribution in [0.4, 0.5) is 0 Å². The standard InChI is InChI=1S/C21H30N4O3S/c1-4-13-29(27,28)25-12-8-11-20(25)21(26)22-14-19-16(2)23-24(17(19)3)15-18-9-6-5-7-10-18/h5-7,9-10,20H,4,8,11-15H2,1-3H3,(H,22,26). The zero-order valence-electron chi connectivity index (χ0n) is 17.4. The Morgan fingerprint density at radius 1 is 1.24 bits per heavy atom. The van der Waals surface area contributed by atoms with E-state index in [-0.39, 0.29) is 11.7 Å². The van der Waals surface area contributed by atoms with Crippen LogP contribution in [-0.4, -0.2) is 46.8 Å². The second-order valence-corrected chi connectivity index (χ2v) is 9.64. The van der Waals surface area contributed by atoms with Gasteiger partial charge in [-0.25, -0.2) is 8.42 Å². The number of nitrogens with one attached hydrogen (secondary N) is 1. The van der Waals surface area contributed by atoms with E-state index < -0.39 is 16.1 Å². The maximum absolute atomic E-state index is 12.8. The van der Waals surface area contributed by atoms with E-state index in [2.05, 4.69) is 22.5 Å². The average molecular weight is 419 g/mol. The maximum atomic E-state index is 12.8. The molecule has 0 aliphatic carbocycles. The van der Waals surface area contributed by atoms with Crippen molar-refractivity contribution >= 4 is 15.9 Å². The van der Waals surface area contributed by atoms with Crippen LogP contribution in [0.1, 0.15) is 48.7 Å². The molecule has 1 N–H and O–H groups in total. The van der Waals surface area contributed by atoms with E-state index >= 15 is 0 Å². The minimum Gasteiger partial charge on any atom is -0.350 e. The van der Waals surface area contributed by atoms with E-state index in [4.69, 9.17) is 0 Å². The van der Waals surface area contributed by atoms with Crippen molar-refractivity contribution in [3.8, 4) is 0 Å². The Balaban J connectivity index is 1.67. The van der Waals surface area contributed by atoms with Crippen LogP contribution >= 0.6 is 0 Å². The molecule has 3 rings (SSSR count). The van der Waals surface area contributed by atoms with Crippen molar-refractivity contribution in [2.45, 2.75) is 59.2 Å². The SMILES string of the molecule is CCCS(=O)(=O)N1CCCC1C(=O)NCc1c(C)nn(Cc2ccccc2)c1C. The third-order valence-electron chi connectivity index (χ3n) is 5.47. The van der Waals surface area contributed by atoms with Crippen LogP contribution in [0.2, 0.25) is 0 Å². The smallest absolute Gasteiger partial charge is 0.238 e. The highest BCUT2D eigenvalue weighted by Crippen LogP contribution is 2.22. The zero-order chi connectivity index (χ0) is 21.0. The highest BCUT2D eigenvalue weighted by Gasteiger charge is 2.38. The normalized spacial score (nSPS) is 17.6. The predicted molar refractivity (Wildman–Crippen MR) is 113 cm³/mol. The second-order valence-electron chi connectivity index (χ2n) is 7.60. The lowest BCUT2D eigenvalue weighted by Gasteiger charge is -2.23. The van der Waals surface area contributed by atoms with Gasteiger partial charge in [0.05, 0.1) is 18.0 Å². The molecule has 1 aliphatic rings. The number of nitrogens with zero attached hydrogens (tertiary/aromatic N) is 3. The molecule has 7 nitrogen and oxygen atoms in total. The Morgan fingerprint density at radius 2 is 1.97 bits per heavy atom. The van der Waals surface area contributed by atoms with Crippen LogP contribution < -0.4 is 5.32 Å². The molecule has 1 unspecified atom stereocenters. The van der Waals surface area contributed by atoms with Crippen molar-refractivity contribution in [2.75, 3.05) is 12.3 Å². The number of aryl methyl sites for hydroxylation is 1. The number of hydrogen-bond acceptors (Lipinski definition) is 4. The summed E-state index contributed by atoms with van der Waals surface area (Å²) in [5.74, 6) is -0.141. The lowest BCUT2D eigenvalue weighted by atomic mass is 10.1. The van der Waals surface area contributed by atoms with Gasteiger partial charge in [-0.2, -0.15) is 9.40 Å². The molecule has 1 aromatic heterocycles. The number of carbonyl (C=O) groups excluding carboxylic acids is 1. The minimum absolute atomic E-state index is 0.0846. The van der Waals surface area contributed by atoms with E-state index in [0.29, 0.717) is 38.9 Å². The third-order valence-corrected chi connectivity index (χ3v) is 7.55. The van der Waals surface area contributed by atoms with Crippen LogP contribution in [0.25, 0.3) is 0 Å². The summed E-state index contributed by atoms with van der Waals surface area (Å²) in [6, 6.07) is 9.50. The first kappa shape index (κ1) is 21.5. The Morgan fingerprint density at radius 3 is 2.66 bits per heavy atom. The van der Waals surface area contributed by atoms with Crippen molar-refractivity contribution in [2.24, 2.45) is 0 Å². The van der Waals surface area contributed by atoms with Crippen LogP contribution in [0.3, 0.4) is 0 Å². The molecule has 8 heteroatoms. The molecule has 158 valence electrons. The van der Waals surface area contributed by atoms with Gasteiger partial charge >= 0.3 is 0 Å². The summed E-state index contributed by atoms with van der Waals surface area (Å²) in [7, 11) is -3.38. The number of benzene rings is 1. The molecule has 29 heavy (non-hydrogen) atoms. The van der Waals surface area contributed by atoms with Gasteiger partial charge in [0.25, 0.3) is 0 Å². The number of carbonyl (C=O) groups is 1. The highest BCUT2D eigenvalue weighted by molar-refractivity contribution is 7.89. The van der Waals surface area contributed by atoms with Crippen LogP contribution in [0.15, 0.2) is 30.3 Å². The Bertz CT molecular complexity index is 954. The van der Waals surface area contributed by atoms with Crippen molar-refractivity contribution in [1.29, 1.82) is 0 Å². The Kier molecular flexibility index (Phi) is 6.74. The van der Waals surface area contributed by atoms with Gasteiger partial charge < -0.3 is 5.32 Å². The quantitative estimate of drug-likeness (QED) is 0.713. The fraction of sp³-hybridized carbons (Fsp3) is 0.524. The molecule has 2 heterocycles. The van der Waals surface area contributed by atoms with Crippen molar-refractivity contribution in [1.82, 2.24) is 19.4 Å². The van der Waals surface area contributed by atoms with E-state index in [9.17, 15) is 13.2 Å². The molecule has 1 atom stereocenters. The van der Waals surface area contributed by atoms with Gasteiger partial charge in [0.2, 0.25) is 15.9 Å². The van der Waals surface area contributed by atoms with Crippen molar-refractivity contribution in [3.05, 3.63) is 52.8 Å². The molecule has 0 spiro atoms. The van der Waals surface area contributed by atoms with Crippen LogP contribution in [0.5, 0.6) is 0 Å². The molecular weight excluding hydrogens is 388 g/mol. The lowest BCUT2D eigenvalue weighted by molar-refractivity contribution is -0.124. The number of hydrogen-bond donors (Lipinski definition) is 1. The van der Waals surface area contributed by atoms with E-state index in [1.54, 1.807) is 0 Å². The molecule has 2 aromatic rings. The molecule has 1 aliphatic heterocycles. The third kappa shape index (κ3) is 4.87. The summed E-state index contributed by atoms with van der Waals surface area (Å²) in [5, 5.41) is 7.56. The summed E-state index contributed by atoms with van der Waals surface area (Å²) < 4.78 is 28.2. The van der Waals surface area contributed by atoms with Gasteiger partial charge in [-0.3, -0.25) is 9.48 Å². The van der Waals surface area contributed by atoms with Crippen LogP contribution in [-0.2, 0) is 27.9 Å². The average Bonchev–Trinajstić information content (AvgIpc) is 3.27. The number of amides is 1. The number of rotatable bonds is 8. The van der Waals surface area contributed by atoms with E-state index in [1.807, 2.05) is 43.7 Å². The predicted octanol–water partition coefficient (Wildman–Crippen LogP) is 2.37. The molecule has 1 fully saturated rings. The Hall–Kier alpha value is -2.19. The summed E-state index contributed by atoms with van der Waals surface area (Å²) in [6.07, 6.45) is 1.83. The summed E-state index contributed by atoms with van der Waals surface area (Å²) in [6.45, 7) is 7.22. The molecule has 0 bridgehead atoms. The van der Waals surface area contributed by atoms with Gasteiger partial charge in [0.15, 0.2) is 0 Å². The van der Waals surface area contributed by atoms with Gasteiger partial charge in [0, 0.05) is 24.3 Å². The molecule has 1 aromatic carbocycles. The zero-order valence-corrected chi connectivity index (χ0v) is 18.2. The molecule has 0 radical (unpaired) electrons. The highest BCUT2D eigenvalue weighted by atomic mass is 32.2. The summed E-state index contributed by atoms with van der Waals surface area (Å²) in [4.78, 5) is 12.8. The molecule has 0 saturated carbocycles. The monoisotopic (exact) mass is 418 g/mol. The van der Waals surface area contributed by atoms with Crippen LogP contribution in [0, 0.1) is 13.8 Å². The first-order chi connectivity index (χ1) is 13.8. The van der Waals surface area contributed by atoms with Crippen molar-refractivity contribution in [3.63, 3.8) is 0 Å². The van der Waals surface area contributed by atoms with Gasteiger partial charge in [-0.1, -0.05) is 37.3 Å². The first-order valence-corrected chi connectivity index (χ1v) is 11.8. The van der Waals surface area contributed by atoms with Gasteiger partial charge in [-0.15, -0.1) is 0 Å². The summed E-state index contributed by atoms with van der Waals surface area (Å²) >= 11 is 0. The first-order valence-electron chi connectivity index (χ1n) is 10.2. The number of aromatic nitrogens is 2. The molecule has 1 amide bonds. The minimum atomic E-state index is -3.38. The fourth-order valence-electron chi connectivity index (χ4n) is 3.90. The molecular formula is C21H30N4O3S. The second kappa shape index (κ2) is 9.09. The molecule has 1 saturated heterocycles. The fourth-order valence-corrected chi connectivity index (χ4v) is 5.65. The van der Waals surface area contributed by atoms with E-state index in [1.165, 1.54) is 4.31 Å². The Labute approximate surface area is 173 Å². The summed E-state index contributed by atoms with van der Waals surface area (Å²) in [5.41, 5.74) is 4.03. The van der Waals surface area contributed by atoms with E-state index in [0.717, 1.165) is 22.5 Å². The topological polar surface area (TPSA) is 84.3 Å². The maximum Gasteiger partial charge on any atom is 0.238 e. The number of sulfonamides is 1. The lowest BCUT2D eigenvalue weighted by Crippen LogP contribution is -2.46. The van der Waals surface area contributed by atoms with Crippen molar-refractivity contribution < 1.29 is 13.2 Å². The largest absolute Gasteiger partial charge is 0.350 e. The van der Waals surface area contributed by atoms with Gasteiger partial charge in [0.1, 0.15) is 6.04 Å².